The van der Waals surface area contributed by atoms with Gasteiger partial charge < -0.3 is 0 Å². The van der Waals surface area contributed by atoms with Gasteiger partial charge in [-0.2, -0.15) is 10.1 Å². The molecule has 0 spiro atoms. The summed E-state index contributed by atoms with van der Waals surface area (Å²) in [5.41, 5.74) is 0.333. The minimum atomic E-state index is -4.31. The second kappa shape index (κ2) is 8.69. The molecule has 0 unspecified atom stereocenters. The van der Waals surface area contributed by atoms with Gasteiger partial charge in [0.15, 0.2) is 0 Å². The van der Waals surface area contributed by atoms with Crippen LogP contribution in [0.25, 0.3) is 0 Å². The Morgan fingerprint density at radius 3 is 2.53 bits per heavy atom. The maximum Gasteiger partial charge on any atom is 0.270 e. The van der Waals surface area contributed by atoms with Crippen molar-refractivity contribution in [2.75, 3.05) is 9.73 Å². The zero-order valence-corrected chi connectivity index (χ0v) is 18.7. The number of halogens is 1. The number of benzene rings is 2. The third-order valence-electron chi connectivity index (χ3n) is 4.61. The smallest absolute Gasteiger partial charge is 0.270 e. The van der Waals surface area contributed by atoms with Crippen LogP contribution in [0, 0.1) is 10.1 Å². The fraction of sp³-hybridized carbons (Fsp3) is 0.100. The number of nitrogens with one attached hydrogen (secondary N) is 1. The van der Waals surface area contributed by atoms with Gasteiger partial charge in [0.25, 0.3) is 15.7 Å². The average Bonchev–Trinajstić information content (AvgIpc) is 3.30. The lowest BCUT2D eigenvalue weighted by Gasteiger charge is -2.25. The molecule has 0 bridgehead atoms. The Hall–Kier alpha value is -3.28. The topological polar surface area (TPSA) is 122 Å². The molecule has 2 aromatic carbocycles. The summed E-state index contributed by atoms with van der Waals surface area (Å²) >= 11 is 7.29. The summed E-state index contributed by atoms with van der Waals surface area (Å²) in [5.74, 6) is -0.415. The number of nitro groups is 1. The number of amides is 1. The zero-order chi connectivity index (χ0) is 22.9. The van der Waals surface area contributed by atoms with E-state index in [2.05, 4.69) is 9.82 Å². The first-order valence-electron chi connectivity index (χ1n) is 9.26. The van der Waals surface area contributed by atoms with Gasteiger partial charge in [-0.3, -0.25) is 19.6 Å². The molecule has 1 amide bonds. The number of hydrogen-bond acceptors (Lipinski definition) is 7. The standard InChI is InChI=1S/C20H15ClN4O5S2/c21-13-3-5-14(6-4-13)23-32(29,30)19-12-15(25(27)28)7-9-17(19)24-20(26)10-8-16(22-24)18-2-1-11-31-18/h1-7,9,11-12,23H,8,10H2. The molecule has 0 fully saturated rings. The Kier molecular flexibility index (Phi) is 5.96. The van der Waals surface area contributed by atoms with E-state index in [0.29, 0.717) is 17.2 Å². The van der Waals surface area contributed by atoms with E-state index in [1.54, 1.807) is 0 Å². The van der Waals surface area contributed by atoms with Crippen LogP contribution < -0.4 is 9.73 Å². The largest absolute Gasteiger partial charge is 0.280 e. The first kappa shape index (κ1) is 21.9. The quantitative estimate of drug-likeness (QED) is 0.398. The van der Waals surface area contributed by atoms with Crippen LogP contribution in [0.2, 0.25) is 5.02 Å². The van der Waals surface area contributed by atoms with Crippen LogP contribution in [-0.2, 0) is 14.8 Å². The van der Waals surface area contributed by atoms with Crippen LogP contribution in [0.4, 0.5) is 17.1 Å². The number of sulfonamides is 1. The molecule has 1 aliphatic rings. The Morgan fingerprint density at radius 1 is 1.12 bits per heavy atom. The number of hydrazone groups is 1. The van der Waals surface area contributed by atoms with Crippen molar-refractivity contribution in [3.63, 3.8) is 0 Å². The van der Waals surface area contributed by atoms with Gasteiger partial charge in [-0.15, -0.1) is 11.3 Å². The van der Waals surface area contributed by atoms with E-state index in [1.807, 2.05) is 17.5 Å². The summed E-state index contributed by atoms with van der Waals surface area (Å²) in [6.45, 7) is 0. The Morgan fingerprint density at radius 2 is 1.88 bits per heavy atom. The summed E-state index contributed by atoms with van der Waals surface area (Å²) < 4.78 is 28.7. The van der Waals surface area contributed by atoms with Crippen LogP contribution in [-0.4, -0.2) is 25.0 Å². The first-order chi connectivity index (χ1) is 15.2. The van der Waals surface area contributed by atoms with E-state index in [0.717, 1.165) is 22.0 Å². The molecular formula is C20H15ClN4O5S2. The second-order valence-electron chi connectivity index (χ2n) is 6.75. The molecule has 32 heavy (non-hydrogen) atoms. The summed E-state index contributed by atoms with van der Waals surface area (Å²) in [6, 6.07) is 12.9. The van der Waals surface area contributed by atoms with E-state index in [4.69, 9.17) is 11.6 Å². The fourth-order valence-corrected chi connectivity index (χ4v) is 5.22. The van der Waals surface area contributed by atoms with Gasteiger partial charge in [-0.05, 0) is 41.8 Å². The number of anilines is 2. The van der Waals surface area contributed by atoms with Crippen molar-refractivity contribution in [3.05, 3.63) is 80.0 Å². The number of nitro benzene ring substituents is 1. The van der Waals surface area contributed by atoms with Crippen molar-refractivity contribution in [2.45, 2.75) is 17.7 Å². The van der Waals surface area contributed by atoms with Crippen molar-refractivity contribution in [1.82, 2.24) is 0 Å². The minimum Gasteiger partial charge on any atom is -0.280 e. The summed E-state index contributed by atoms with van der Waals surface area (Å²) in [6.07, 6.45) is 0.533. The lowest BCUT2D eigenvalue weighted by atomic mass is 10.1. The number of carbonyl (C=O) groups is 1. The molecule has 4 rings (SSSR count). The number of rotatable bonds is 6. The van der Waals surface area contributed by atoms with Crippen LogP contribution in [0.5, 0.6) is 0 Å². The molecule has 164 valence electrons. The second-order valence-corrected chi connectivity index (χ2v) is 9.79. The van der Waals surface area contributed by atoms with E-state index in [9.17, 15) is 23.3 Å². The number of hydrogen-bond donors (Lipinski definition) is 1. The molecule has 9 nitrogen and oxygen atoms in total. The van der Waals surface area contributed by atoms with Gasteiger partial charge in [0.2, 0.25) is 5.91 Å². The maximum atomic E-state index is 13.2. The van der Waals surface area contributed by atoms with E-state index in [-0.39, 0.29) is 17.8 Å². The Balaban J connectivity index is 1.82. The number of non-ortho nitro benzene ring substituents is 1. The minimum absolute atomic E-state index is 0.0733. The van der Waals surface area contributed by atoms with Crippen LogP contribution in [0.1, 0.15) is 17.7 Å². The van der Waals surface area contributed by atoms with Crippen LogP contribution >= 0.6 is 22.9 Å². The third kappa shape index (κ3) is 4.49. The maximum absolute atomic E-state index is 13.2. The molecule has 0 saturated heterocycles. The van der Waals surface area contributed by atoms with Gasteiger partial charge in [0, 0.05) is 35.7 Å². The molecule has 12 heteroatoms. The number of carbonyl (C=O) groups excluding carboxylic acids is 1. The molecule has 0 aliphatic carbocycles. The molecule has 0 saturated carbocycles. The summed E-state index contributed by atoms with van der Waals surface area (Å²) in [7, 11) is -4.31. The fourth-order valence-electron chi connectivity index (χ4n) is 3.10. The van der Waals surface area contributed by atoms with Crippen molar-refractivity contribution in [1.29, 1.82) is 0 Å². The normalized spacial score (nSPS) is 14.2. The molecule has 0 atom stereocenters. The van der Waals surface area contributed by atoms with Gasteiger partial charge in [0.1, 0.15) is 4.90 Å². The van der Waals surface area contributed by atoms with Gasteiger partial charge in [-0.1, -0.05) is 17.7 Å². The highest BCUT2D eigenvalue weighted by Crippen LogP contribution is 2.33. The molecule has 0 radical (unpaired) electrons. The van der Waals surface area contributed by atoms with E-state index >= 15 is 0 Å². The van der Waals surface area contributed by atoms with Crippen molar-refractivity contribution < 1.29 is 18.1 Å². The zero-order valence-electron chi connectivity index (χ0n) is 16.3. The van der Waals surface area contributed by atoms with Crippen LogP contribution in [0.3, 0.4) is 0 Å². The first-order valence-corrected chi connectivity index (χ1v) is 12.0. The Labute approximate surface area is 192 Å². The van der Waals surface area contributed by atoms with Gasteiger partial charge >= 0.3 is 0 Å². The number of thiophene rings is 1. The summed E-state index contributed by atoms with van der Waals surface area (Å²) in [4.78, 5) is 23.7. The van der Waals surface area contributed by atoms with Crippen molar-refractivity contribution in [3.8, 4) is 0 Å². The van der Waals surface area contributed by atoms with Crippen molar-refractivity contribution >= 4 is 61.6 Å². The van der Waals surface area contributed by atoms with Gasteiger partial charge in [-0.25, -0.2) is 8.42 Å². The Bertz CT molecular complexity index is 1320. The lowest BCUT2D eigenvalue weighted by molar-refractivity contribution is -0.385. The van der Waals surface area contributed by atoms with E-state index < -0.39 is 31.4 Å². The summed E-state index contributed by atoms with van der Waals surface area (Å²) in [5, 5.41) is 19.0. The molecule has 2 heterocycles. The van der Waals surface area contributed by atoms with Crippen LogP contribution in [0.15, 0.2) is 70.0 Å². The average molecular weight is 491 g/mol. The highest BCUT2D eigenvalue weighted by molar-refractivity contribution is 7.92. The third-order valence-corrected chi connectivity index (χ3v) is 7.19. The lowest BCUT2D eigenvalue weighted by Crippen LogP contribution is -2.33. The molecule has 1 aliphatic heterocycles. The molecule has 3 aromatic rings. The molecular weight excluding hydrogens is 476 g/mol. The number of nitrogens with zero attached hydrogens (tertiary/aromatic N) is 3. The highest BCUT2D eigenvalue weighted by atomic mass is 35.5. The molecule has 1 aromatic heterocycles. The van der Waals surface area contributed by atoms with E-state index in [1.165, 1.54) is 41.7 Å². The SMILES string of the molecule is O=C1CCC(c2cccs2)=NN1c1ccc([N+](=O)[O-])cc1S(=O)(=O)Nc1ccc(Cl)cc1. The monoisotopic (exact) mass is 490 g/mol. The molecule has 1 N–H and O–H groups in total. The predicted octanol–water partition coefficient (Wildman–Crippen LogP) is 4.64. The highest BCUT2D eigenvalue weighted by Gasteiger charge is 2.31. The predicted molar refractivity (Wildman–Crippen MR) is 123 cm³/mol. The van der Waals surface area contributed by atoms with Gasteiger partial charge in [0.05, 0.1) is 21.2 Å². The van der Waals surface area contributed by atoms with Crippen molar-refractivity contribution in [2.24, 2.45) is 5.10 Å².